The van der Waals surface area contributed by atoms with Gasteiger partial charge in [-0.1, -0.05) is 0 Å². The summed E-state index contributed by atoms with van der Waals surface area (Å²) >= 11 is 0. The van der Waals surface area contributed by atoms with E-state index in [0.29, 0.717) is 6.54 Å². The van der Waals surface area contributed by atoms with Crippen molar-refractivity contribution >= 4 is 5.97 Å². The highest BCUT2D eigenvalue weighted by Gasteiger charge is 2.31. The summed E-state index contributed by atoms with van der Waals surface area (Å²) in [5.74, 6) is -0.821. The Labute approximate surface area is 96.7 Å². The number of carbonyl (C=O) groups is 1. The van der Waals surface area contributed by atoms with Crippen LogP contribution in [0.5, 0.6) is 0 Å². The summed E-state index contributed by atoms with van der Waals surface area (Å²) in [6.45, 7) is 1.53. The number of carboxylic acids is 1. The topological polar surface area (TPSA) is 64.0 Å². The molecule has 2 N–H and O–H groups in total. The lowest BCUT2D eigenvalue weighted by Crippen LogP contribution is -2.46. The summed E-state index contributed by atoms with van der Waals surface area (Å²) < 4.78 is 0. The predicted octanol–water partition coefficient (Wildman–Crippen LogP) is -0.152. The van der Waals surface area contributed by atoms with Crippen molar-refractivity contribution in [3.8, 4) is 0 Å². The fourth-order valence-electron chi connectivity index (χ4n) is 2.21. The molecule has 0 radical (unpaired) electrons. The standard InChI is InChI=1S/C11H22N2O3/c1-12(2)6-7-13(8-11(15)16)9-4-3-5-10(9)14/h9-10,14H,3-8H2,1-2H3,(H,15,16). The van der Waals surface area contributed by atoms with Crippen molar-refractivity contribution in [3.05, 3.63) is 0 Å². The van der Waals surface area contributed by atoms with Gasteiger partial charge in [-0.2, -0.15) is 0 Å². The van der Waals surface area contributed by atoms with Crippen molar-refractivity contribution in [2.75, 3.05) is 33.7 Å². The molecule has 5 nitrogen and oxygen atoms in total. The van der Waals surface area contributed by atoms with E-state index in [1.165, 1.54) is 0 Å². The smallest absolute Gasteiger partial charge is 0.317 e. The Morgan fingerprint density at radius 2 is 2.00 bits per heavy atom. The van der Waals surface area contributed by atoms with E-state index in [1.807, 2.05) is 23.9 Å². The van der Waals surface area contributed by atoms with Crippen LogP contribution in [-0.4, -0.2) is 71.9 Å². The summed E-state index contributed by atoms with van der Waals surface area (Å²) in [5, 5.41) is 18.6. The van der Waals surface area contributed by atoms with Crippen molar-refractivity contribution in [3.63, 3.8) is 0 Å². The third-order valence-electron chi connectivity index (χ3n) is 3.09. The van der Waals surface area contributed by atoms with Crippen molar-refractivity contribution in [1.82, 2.24) is 9.80 Å². The SMILES string of the molecule is CN(C)CCN(CC(=O)O)C1CCCC1O. The summed E-state index contributed by atoms with van der Waals surface area (Å²) in [6, 6.07) is 0.0241. The van der Waals surface area contributed by atoms with Crippen LogP contribution >= 0.6 is 0 Å². The molecule has 94 valence electrons. The number of carboxylic acid groups (broad SMARTS) is 1. The van der Waals surface area contributed by atoms with Crippen LogP contribution in [0.15, 0.2) is 0 Å². The molecule has 0 saturated heterocycles. The Bertz CT molecular complexity index is 233. The first-order valence-corrected chi connectivity index (χ1v) is 5.79. The molecule has 1 saturated carbocycles. The van der Waals surface area contributed by atoms with Gasteiger partial charge in [0.2, 0.25) is 0 Å². The van der Waals surface area contributed by atoms with E-state index in [9.17, 15) is 9.90 Å². The molecule has 1 fully saturated rings. The van der Waals surface area contributed by atoms with E-state index in [2.05, 4.69) is 0 Å². The quantitative estimate of drug-likeness (QED) is 0.664. The number of aliphatic hydroxyl groups excluding tert-OH is 1. The van der Waals surface area contributed by atoms with Gasteiger partial charge in [0, 0.05) is 19.1 Å². The molecule has 1 aliphatic rings. The van der Waals surface area contributed by atoms with Gasteiger partial charge in [-0.05, 0) is 33.4 Å². The predicted molar refractivity (Wildman–Crippen MR) is 61.4 cm³/mol. The second kappa shape index (κ2) is 6.18. The van der Waals surface area contributed by atoms with Crippen LogP contribution in [0.2, 0.25) is 0 Å². The summed E-state index contributed by atoms with van der Waals surface area (Å²) in [7, 11) is 3.92. The molecule has 0 aromatic rings. The van der Waals surface area contributed by atoms with Crippen LogP contribution in [0, 0.1) is 0 Å². The average Bonchev–Trinajstić information content (AvgIpc) is 2.58. The number of hydrogen-bond donors (Lipinski definition) is 2. The van der Waals surface area contributed by atoms with Crippen LogP contribution < -0.4 is 0 Å². The molecule has 1 rings (SSSR count). The molecule has 16 heavy (non-hydrogen) atoms. The first-order chi connectivity index (χ1) is 7.50. The van der Waals surface area contributed by atoms with Crippen LogP contribution in [0.3, 0.4) is 0 Å². The summed E-state index contributed by atoms with van der Waals surface area (Å²) in [4.78, 5) is 14.7. The van der Waals surface area contributed by atoms with Crippen LogP contribution in [-0.2, 0) is 4.79 Å². The Morgan fingerprint density at radius 1 is 1.31 bits per heavy atom. The van der Waals surface area contributed by atoms with Gasteiger partial charge in [-0.15, -0.1) is 0 Å². The van der Waals surface area contributed by atoms with Gasteiger partial charge in [-0.25, -0.2) is 0 Å². The molecule has 5 heteroatoms. The Morgan fingerprint density at radius 3 is 2.44 bits per heavy atom. The van der Waals surface area contributed by atoms with Gasteiger partial charge in [0.15, 0.2) is 0 Å². The number of likely N-dealkylation sites (N-methyl/N-ethyl adjacent to an activating group) is 1. The molecule has 0 bridgehead atoms. The zero-order valence-corrected chi connectivity index (χ0v) is 10.1. The van der Waals surface area contributed by atoms with Gasteiger partial charge in [0.05, 0.1) is 12.6 Å². The minimum Gasteiger partial charge on any atom is -0.480 e. The Kier molecular flexibility index (Phi) is 5.18. The van der Waals surface area contributed by atoms with Gasteiger partial charge >= 0.3 is 5.97 Å². The van der Waals surface area contributed by atoms with E-state index in [4.69, 9.17) is 5.11 Å². The molecule has 0 aromatic carbocycles. The fourth-order valence-corrected chi connectivity index (χ4v) is 2.21. The van der Waals surface area contributed by atoms with E-state index in [1.54, 1.807) is 0 Å². The lowest BCUT2D eigenvalue weighted by Gasteiger charge is -2.30. The third kappa shape index (κ3) is 4.08. The Balaban J connectivity index is 2.51. The van der Waals surface area contributed by atoms with Gasteiger partial charge in [0.25, 0.3) is 0 Å². The summed E-state index contributed by atoms with van der Waals surface area (Å²) in [6.07, 6.45) is 2.33. The van der Waals surface area contributed by atoms with Crippen molar-refractivity contribution in [2.24, 2.45) is 0 Å². The zero-order chi connectivity index (χ0) is 12.1. The normalized spacial score (nSPS) is 25.6. The lowest BCUT2D eigenvalue weighted by atomic mass is 10.1. The molecule has 2 unspecified atom stereocenters. The Hall–Kier alpha value is -0.650. The minimum absolute atomic E-state index is 0.0234. The maximum atomic E-state index is 10.8. The minimum atomic E-state index is -0.821. The average molecular weight is 230 g/mol. The van der Waals surface area contributed by atoms with E-state index < -0.39 is 5.97 Å². The number of aliphatic carboxylic acids is 1. The second-order valence-corrected chi connectivity index (χ2v) is 4.73. The molecular formula is C11H22N2O3. The number of hydrogen-bond acceptors (Lipinski definition) is 4. The van der Waals surface area contributed by atoms with Gasteiger partial charge in [-0.3, -0.25) is 9.69 Å². The molecule has 0 aromatic heterocycles. The monoisotopic (exact) mass is 230 g/mol. The largest absolute Gasteiger partial charge is 0.480 e. The summed E-state index contributed by atoms with van der Waals surface area (Å²) in [5.41, 5.74) is 0. The first kappa shape index (κ1) is 13.4. The van der Waals surface area contributed by atoms with Crippen LogP contribution in [0.4, 0.5) is 0 Å². The molecule has 1 aliphatic carbocycles. The highest BCUT2D eigenvalue weighted by molar-refractivity contribution is 5.69. The zero-order valence-electron chi connectivity index (χ0n) is 10.1. The molecule has 0 heterocycles. The van der Waals surface area contributed by atoms with E-state index >= 15 is 0 Å². The number of aliphatic hydroxyl groups is 1. The molecule has 0 aliphatic heterocycles. The number of rotatable bonds is 6. The first-order valence-electron chi connectivity index (χ1n) is 5.79. The van der Waals surface area contributed by atoms with Crippen molar-refractivity contribution < 1.29 is 15.0 Å². The van der Waals surface area contributed by atoms with Gasteiger partial charge < -0.3 is 15.1 Å². The van der Waals surface area contributed by atoms with Crippen LogP contribution in [0.25, 0.3) is 0 Å². The van der Waals surface area contributed by atoms with Crippen LogP contribution in [0.1, 0.15) is 19.3 Å². The second-order valence-electron chi connectivity index (χ2n) is 4.73. The van der Waals surface area contributed by atoms with Crippen molar-refractivity contribution in [2.45, 2.75) is 31.4 Å². The third-order valence-corrected chi connectivity index (χ3v) is 3.09. The maximum Gasteiger partial charge on any atom is 0.317 e. The molecule has 2 atom stereocenters. The molecule has 0 amide bonds. The maximum absolute atomic E-state index is 10.8. The highest BCUT2D eigenvalue weighted by Crippen LogP contribution is 2.23. The molecule has 0 spiro atoms. The van der Waals surface area contributed by atoms with E-state index in [0.717, 1.165) is 25.8 Å². The molecular weight excluding hydrogens is 208 g/mol. The number of nitrogens with zero attached hydrogens (tertiary/aromatic N) is 2. The van der Waals surface area contributed by atoms with E-state index in [-0.39, 0.29) is 18.7 Å². The highest BCUT2D eigenvalue weighted by atomic mass is 16.4. The fraction of sp³-hybridized carbons (Fsp3) is 0.909. The van der Waals surface area contributed by atoms with Gasteiger partial charge in [0.1, 0.15) is 0 Å². The van der Waals surface area contributed by atoms with Crippen molar-refractivity contribution in [1.29, 1.82) is 0 Å². The lowest BCUT2D eigenvalue weighted by molar-refractivity contribution is -0.139.